The summed E-state index contributed by atoms with van der Waals surface area (Å²) in [6.45, 7) is 2.44. The molecule has 0 bridgehead atoms. The van der Waals surface area contributed by atoms with Crippen LogP contribution in [0.4, 0.5) is 4.39 Å². The van der Waals surface area contributed by atoms with Crippen molar-refractivity contribution < 1.29 is 13.9 Å². The van der Waals surface area contributed by atoms with Gasteiger partial charge in [-0.15, -0.1) is 0 Å². The second-order valence-electron chi connectivity index (χ2n) is 4.86. The molecule has 5 heteroatoms. The number of benzene rings is 1. The van der Waals surface area contributed by atoms with E-state index in [0.717, 1.165) is 12.8 Å². The van der Waals surface area contributed by atoms with Crippen LogP contribution in [0, 0.1) is 5.82 Å². The average Bonchev–Trinajstić information content (AvgIpc) is 2.57. The lowest BCUT2D eigenvalue weighted by Crippen LogP contribution is -2.36. The summed E-state index contributed by atoms with van der Waals surface area (Å²) in [5.74, 6) is 0.0147. The van der Waals surface area contributed by atoms with Crippen LogP contribution in [-0.2, 0) is 4.79 Å². The van der Waals surface area contributed by atoms with Crippen LogP contribution in [0.25, 0.3) is 0 Å². The fourth-order valence-corrected chi connectivity index (χ4v) is 2.16. The van der Waals surface area contributed by atoms with E-state index in [1.54, 1.807) is 6.92 Å². The van der Waals surface area contributed by atoms with Gasteiger partial charge in [0.25, 0.3) is 5.91 Å². The topological polar surface area (TPSA) is 64.3 Å². The van der Waals surface area contributed by atoms with Gasteiger partial charge in [-0.3, -0.25) is 4.79 Å². The Kier molecular flexibility index (Phi) is 4.37. The summed E-state index contributed by atoms with van der Waals surface area (Å²) in [6.07, 6.45) is 2.03. The lowest BCUT2D eigenvalue weighted by Gasteiger charge is -2.19. The minimum absolute atomic E-state index is 0.113. The molecule has 1 fully saturated rings. The molecule has 0 aromatic heterocycles. The van der Waals surface area contributed by atoms with Crippen molar-refractivity contribution in [1.29, 1.82) is 0 Å². The third-order valence-corrected chi connectivity index (χ3v) is 3.22. The maximum atomic E-state index is 13.2. The van der Waals surface area contributed by atoms with Crippen molar-refractivity contribution >= 4 is 5.91 Å². The number of hydrogen-bond donors (Lipinski definition) is 2. The zero-order valence-corrected chi connectivity index (χ0v) is 11.0. The first-order valence-electron chi connectivity index (χ1n) is 6.57. The zero-order valence-electron chi connectivity index (χ0n) is 11.0. The number of amides is 1. The summed E-state index contributed by atoms with van der Waals surface area (Å²) >= 11 is 0. The van der Waals surface area contributed by atoms with Gasteiger partial charge in [0.2, 0.25) is 0 Å². The fraction of sp³-hybridized carbons (Fsp3) is 0.500. The van der Waals surface area contributed by atoms with Gasteiger partial charge in [-0.25, -0.2) is 4.39 Å². The molecular formula is C14H19FN2O2. The minimum Gasteiger partial charge on any atom is -0.480 e. The largest absolute Gasteiger partial charge is 0.480 e. The highest BCUT2D eigenvalue weighted by Crippen LogP contribution is 2.27. The molecule has 2 atom stereocenters. The van der Waals surface area contributed by atoms with E-state index >= 15 is 0 Å². The number of carbonyl (C=O) groups excluding carboxylic acids is 1. The predicted octanol–water partition coefficient (Wildman–Crippen LogP) is 1.89. The van der Waals surface area contributed by atoms with E-state index in [1.807, 2.05) is 0 Å². The highest BCUT2D eigenvalue weighted by atomic mass is 19.1. The van der Waals surface area contributed by atoms with E-state index in [-0.39, 0.29) is 17.8 Å². The molecule has 19 heavy (non-hydrogen) atoms. The standard InChI is InChI=1S/C14H19FN2O2/c1-9(16)11-8-10(15)5-6-12(11)19-13-4-2-3-7-17-14(13)18/h5-6,8-9,13H,2-4,7,16H2,1H3,(H,17,18)/t9-,13?/m1/s1. The Morgan fingerprint density at radius 3 is 3.00 bits per heavy atom. The van der Waals surface area contributed by atoms with Crippen LogP contribution in [0.2, 0.25) is 0 Å². The number of halogens is 1. The molecule has 0 aliphatic carbocycles. The molecule has 2 rings (SSSR count). The highest BCUT2D eigenvalue weighted by Gasteiger charge is 2.23. The molecule has 0 radical (unpaired) electrons. The predicted molar refractivity (Wildman–Crippen MR) is 70.3 cm³/mol. The summed E-state index contributed by atoms with van der Waals surface area (Å²) in [6, 6.07) is 3.86. The number of ether oxygens (including phenoxy) is 1. The molecule has 1 unspecified atom stereocenters. The summed E-state index contributed by atoms with van der Waals surface area (Å²) < 4.78 is 19.0. The van der Waals surface area contributed by atoms with Crippen LogP contribution in [0.5, 0.6) is 5.75 Å². The van der Waals surface area contributed by atoms with Gasteiger partial charge in [-0.2, -0.15) is 0 Å². The number of nitrogens with one attached hydrogen (secondary N) is 1. The van der Waals surface area contributed by atoms with Crippen LogP contribution >= 0.6 is 0 Å². The molecule has 0 spiro atoms. The summed E-state index contributed by atoms with van der Waals surface area (Å²) in [5, 5.41) is 2.81. The van der Waals surface area contributed by atoms with Gasteiger partial charge in [0.15, 0.2) is 6.10 Å². The first-order chi connectivity index (χ1) is 9.08. The molecule has 104 valence electrons. The smallest absolute Gasteiger partial charge is 0.261 e. The summed E-state index contributed by atoms with van der Waals surface area (Å²) in [5.41, 5.74) is 6.39. The molecule has 1 aromatic rings. The Morgan fingerprint density at radius 1 is 1.47 bits per heavy atom. The van der Waals surface area contributed by atoms with Crippen LogP contribution in [0.3, 0.4) is 0 Å². The van der Waals surface area contributed by atoms with Crippen molar-refractivity contribution in [3.8, 4) is 5.75 Å². The monoisotopic (exact) mass is 266 g/mol. The second-order valence-corrected chi connectivity index (χ2v) is 4.86. The third-order valence-electron chi connectivity index (χ3n) is 3.22. The Morgan fingerprint density at radius 2 is 2.26 bits per heavy atom. The van der Waals surface area contributed by atoms with E-state index < -0.39 is 6.10 Å². The van der Waals surface area contributed by atoms with Crippen molar-refractivity contribution in [2.45, 2.75) is 38.3 Å². The quantitative estimate of drug-likeness (QED) is 0.878. The first kappa shape index (κ1) is 13.8. The van der Waals surface area contributed by atoms with Crippen molar-refractivity contribution in [2.75, 3.05) is 6.54 Å². The van der Waals surface area contributed by atoms with Crippen LogP contribution < -0.4 is 15.8 Å². The van der Waals surface area contributed by atoms with Crippen LogP contribution in [0.15, 0.2) is 18.2 Å². The van der Waals surface area contributed by atoms with Crippen molar-refractivity contribution in [3.63, 3.8) is 0 Å². The van der Waals surface area contributed by atoms with E-state index in [4.69, 9.17) is 10.5 Å². The maximum absolute atomic E-state index is 13.2. The Balaban J connectivity index is 2.19. The zero-order chi connectivity index (χ0) is 13.8. The minimum atomic E-state index is -0.523. The molecule has 1 aliphatic heterocycles. The summed E-state index contributed by atoms with van der Waals surface area (Å²) in [4.78, 5) is 11.8. The van der Waals surface area contributed by atoms with Gasteiger partial charge in [-0.05, 0) is 44.4 Å². The van der Waals surface area contributed by atoms with Crippen molar-refractivity contribution in [1.82, 2.24) is 5.32 Å². The van der Waals surface area contributed by atoms with Gasteiger partial charge in [0.1, 0.15) is 11.6 Å². The average molecular weight is 266 g/mol. The van der Waals surface area contributed by atoms with Gasteiger partial charge < -0.3 is 15.8 Å². The molecule has 0 saturated carbocycles. The van der Waals surface area contributed by atoms with Crippen LogP contribution in [-0.4, -0.2) is 18.6 Å². The molecule has 4 nitrogen and oxygen atoms in total. The van der Waals surface area contributed by atoms with E-state index in [2.05, 4.69) is 5.32 Å². The number of carbonyl (C=O) groups is 1. The van der Waals surface area contributed by atoms with Gasteiger partial charge in [-0.1, -0.05) is 0 Å². The maximum Gasteiger partial charge on any atom is 0.261 e. The SMILES string of the molecule is C[C@@H](N)c1cc(F)ccc1OC1CCCCNC1=O. The molecule has 1 amide bonds. The fourth-order valence-electron chi connectivity index (χ4n) is 2.16. The molecule has 1 aliphatic rings. The number of rotatable bonds is 3. The van der Waals surface area contributed by atoms with Crippen molar-refractivity contribution in [3.05, 3.63) is 29.6 Å². The van der Waals surface area contributed by atoms with Crippen molar-refractivity contribution in [2.24, 2.45) is 5.73 Å². The van der Waals surface area contributed by atoms with Gasteiger partial charge in [0, 0.05) is 18.2 Å². The lowest BCUT2D eigenvalue weighted by atomic mass is 10.1. The Bertz CT molecular complexity index is 463. The molecular weight excluding hydrogens is 247 g/mol. The van der Waals surface area contributed by atoms with E-state index in [9.17, 15) is 9.18 Å². The first-order valence-corrected chi connectivity index (χ1v) is 6.57. The van der Waals surface area contributed by atoms with Gasteiger partial charge >= 0.3 is 0 Å². The Hall–Kier alpha value is -1.62. The normalized spacial score (nSPS) is 21.4. The lowest BCUT2D eigenvalue weighted by molar-refractivity contribution is -0.127. The molecule has 1 saturated heterocycles. The molecule has 3 N–H and O–H groups in total. The summed E-state index contributed by atoms with van der Waals surface area (Å²) in [7, 11) is 0. The second kappa shape index (κ2) is 6.02. The molecule has 1 aromatic carbocycles. The Labute approximate surface area is 112 Å². The van der Waals surface area contributed by atoms with Gasteiger partial charge in [0.05, 0.1) is 0 Å². The molecule has 1 heterocycles. The third kappa shape index (κ3) is 3.44. The van der Waals surface area contributed by atoms with Crippen LogP contribution in [0.1, 0.15) is 37.8 Å². The highest BCUT2D eigenvalue weighted by molar-refractivity contribution is 5.81. The number of hydrogen-bond acceptors (Lipinski definition) is 3. The van der Waals surface area contributed by atoms with E-state index in [0.29, 0.717) is 24.3 Å². The van der Waals surface area contributed by atoms with E-state index in [1.165, 1.54) is 18.2 Å². The number of nitrogens with two attached hydrogens (primary N) is 1.